The zero-order valence-electron chi connectivity index (χ0n) is 37.9. The van der Waals surface area contributed by atoms with E-state index in [-0.39, 0.29) is 5.41 Å². The van der Waals surface area contributed by atoms with Gasteiger partial charge in [-0.2, -0.15) is 0 Å². The van der Waals surface area contributed by atoms with Gasteiger partial charge in [-0.1, -0.05) is 89.5 Å². The molecule has 3 aromatic carbocycles. The van der Waals surface area contributed by atoms with E-state index >= 15 is 0 Å². The Labute approximate surface area is 384 Å². The SMILES string of the molecule is CN1CC2C3=C4C5=C6C7C(CC8C=C9CC%10CC%11CC%12CC(C3)C3C4C4C5C5C7C8C7C9C%10C8C%11C(C%123)C4C8C75)CC62C1c1ccc(OCc2ccccc2)c(OCc2ccccc2)c1. The maximum Gasteiger partial charge on any atom is 0.162 e. The molecule has 0 bridgehead atoms. The van der Waals surface area contributed by atoms with E-state index < -0.39 is 0 Å². The van der Waals surface area contributed by atoms with Crippen molar-refractivity contribution in [2.75, 3.05) is 13.6 Å². The van der Waals surface area contributed by atoms with Crippen molar-refractivity contribution in [2.45, 2.75) is 64.2 Å². The molecule has 1 heterocycles. The van der Waals surface area contributed by atoms with Crippen LogP contribution in [-0.2, 0) is 13.2 Å². The summed E-state index contributed by atoms with van der Waals surface area (Å²) >= 11 is 0. The lowest BCUT2D eigenvalue weighted by Gasteiger charge is -2.60. The van der Waals surface area contributed by atoms with Crippen molar-refractivity contribution < 1.29 is 9.47 Å². The summed E-state index contributed by atoms with van der Waals surface area (Å²) in [4.78, 5) is 2.93. The minimum absolute atomic E-state index is 0.215. The Morgan fingerprint density at radius 3 is 1.98 bits per heavy atom. The Hall–Kier alpha value is -3.56. The molecule has 3 nitrogen and oxygen atoms in total. The third-order valence-corrected chi connectivity index (χ3v) is 26.2. The van der Waals surface area contributed by atoms with Crippen LogP contribution in [0, 0.1) is 153 Å². The molecule has 20 rings (SSSR count). The van der Waals surface area contributed by atoms with Gasteiger partial charge in [0.1, 0.15) is 13.2 Å². The first-order chi connectivity index (χ1) is 32.1. The second-order valence-electron chi connectivity index (χ2n) is 26.9. The lowest BCUT2D eigenvalue weighted by atomic mass is 9.44. The Bertz CT molecular complexity index is 2820. The van der Waals surface area contributed by atoms with Gasteiger partial charge in [0.15, 0.2) is 11.5 Å². The van der Waals surface area contributed by atoms with Crippen LogP contribution in [0.15, 0.2) is 113 Å². The Morgan fingerprint density at radius 2 is 1.17 bits per heavy atom. The molecule has 3 aromatic rings. The third kappa shape index (κ3) is 3.51. The standard InChI is InChI=1S/C62H63NO2/c1-63-23-37-36-20-34-18-31-16-32-15-29-14-30-17-33-19-35-22-62(37,61(63)28-12-13-38(64-24-26-8-4-2-5-9-26)39(21-28)65-25-27-10-6-3-7-11-27)60-46(35)51-45(33)50-41(30)40(29)48-44(32)49-42(31)43(34)52-47(36)59(60)58-56(51)54(50)53(48)55(49)57(52)58/h2-13,17,21,29,31-35,37,40-46,48-58,61H,14-16,18-20,22-25H2,1H3. The summed E-state index contributed by atoms with van der Waals surface area (Å²) in [5, 5.41) is 0. The Morgan fingerprint density at radius 1 is 0.538 bits per heavy atom. The number of fused-ring (bicyclic) bond motifs is 1. The molecule has 1 spiro atoms. The van der Waals surface area contributed by atoms with Crippen LogP contribution in [-0.4, -0.2) is 18.5 Å². The topological polar surface area (TPSA) is 21.7 Å². The van der Waals surface area contributed by atoms with Gasteiger partial charge >= 0.3 is 0 Å². The quantitative estimate of drug-likeness (QED) is 0.221. The molecule has 1 aliphatic heterocycles. The normalized spacial score (nSPS) is 56.6. The highest BCUT2D eigenvalue weighted by atomic mass is 16.5. The molecule has 27 unspecified atom stereocenters. The highest BCUT2D eigenvalue weighted by Gasteiger charge is 2.87. The van der Waals surface area contributed by atoms with E-state index in [1.807, 2.05) is 0 Å². The fourth-order valence-electron chi connectivity index (χ4n) is 26.7. The monoisotopic (exact) mass is 853 g/mol. The molecule has 13 fully saturated rings. The summed E-state index contributed by atoms with van der Waals surface area (Å²) in [5.41, 5.74) is 14.8. The van der Waals surface area contributed by atoms with Crippen molar-refractivity contribution in [1.82, 2.24) is 4.90 Å². The molecule has 1 saturated heterocycles. The van der Waals surface area contributed by atoms with Gasteiger partial charge in [0.05, 0.1) is 0 Å². The molecule has 65 heavy (non-hydrogen) atoms. The predicted octanol–water partition coefficient (Wildman–Crippen LogP) is 11.7. The summed E-state index contributed by atoms with van der Waals surface area (Å²) < 4.78 is 13.7. The zero-order valence-corrected chi connectivity index (χ0v) is 37.9. The smallest absolute Gasteiger partial charge is 0.162 e. The summed E-state index contributed by atoms with van der Waals surface area (Å²) in [5.74, 6) is 27.0. The van der Waals surface area contributed by atoms with Gasteiger partial charge in [0.2, 0.25) is 0 Å². The molecule has 0 amide bonds. The van der Waals surface area contributed by atoms with Crippen LogP contribution in [0.1, 0.15) is 67.7 Å². The molecule has 16 aliphatic carbocycles. The third-order valence-electron chi connectivity index (χ3n) is 26.2. The number of rotatable bonds is 7. The van der Waals surface area contributed by atoms with Gasteiger partial charge in [0.25, 0.3) is 0 Å². The predicted molar refractivity (Wildman–Crippen MR) is 247 cm³/mol. The van der Waals surface area contributed by atoms with Crippen LogP contribution in [0.4, 0.5) is 0 Å². The van der Waals surface area contributed by atoms with Gasteiger partial charge < -0.3 is 9.47 Å². The van der Waals surface area contributed by atoms with Crippen molar-refractivity contribution in [2.24, 2.45) is 153 Å². The van der Waals surface area contributed by atoms with Crippen LogP contribution in [0.2, 0.25) is 0 Å². The van der Waals surface area contributed by atoms with E-state index in [4.69, 9.17) is 9.47 Å². The molecule has 17 aliphatic rings. The van der Waals surface area contributed by atoms with Gasteiger partial charge in [-0.3, -0.25) is 4.90 Å². The van der Waals surface area contributed by atoms with Crippen LogP contribution in [0.25, 0.3) is 0 Å². The fourth-order valence-corrected chi connectivity index (χ4v) is 26.7. The highest BCUT2D eigenvalue weighted by molar-refractivity contribution is 5.64. The minimum Gasteiger partial charge on any atom is -0.485 e. The molecule has 0 aromatic heterocycles. The fraction of sp³-hybridized carbons (Fsp3) is 0.613. The summed E-state index contributed by atoms with van der Waals surface area (Å²) in [7, 11) is 2.57. The van der Waals surface area contributed by atoms with Gasteiger partial charge in [0, 0.05) is 23.9 Å². The molecular weight excluding hydrogens is 791 g/mol. The van der Waals surface area contributed by atoms with Crippen LogP contribution in [0.5, 0.6) is 11.5 Å². The number of hydrogen-bond acceptors (Lipinski definition) is 3. The van der Waals surface area contributed by atoms with E-state index in [0.29, 0.717) is 25.2 Å². The first kappa shape index (κ1) is 34.7. The Kier molecular flexibility index (Phi) is 5.86. The largest absolute Gasteiger partial charge is 0.485 e. The number of nitrogens with zero attached hydrogens (tertiary/aromatic N) is 1. The summed E-state index contributed by atoms with van der Waals surface area (Å²) in [6, 6.07) is 29.3. The van der Waals surface area contributed by atoms with Crippen LogP contribution in [0.3, 0.4) is 0 Å². The van der Waals surface area contributed by atoms with Crippen molar-refractivity contribution in [3.63, 3.8) is 0 Å². The minimum atomic E-state index is 0.215. The average Bonchev–Trinajstić information content (AvgIpc) is 4.19. The number of benzene rings is 3. The lowest BCUT2D eigenvalue weighted by molar-refractivity contribution is -0.122. The van der Waals surface area contributed by atoms with Crippen molar-refractivity contribution in [3.8, 4) is 11.5 Å². The molecule has 12 saturated carbocycles. The lowest BCUT2D eigenvalue weighted by Crippen LogP contribution is -2.57. The number of hydrogen-bond donors (Lipinski definition) is 0. The van der Waals surface area contributed by atoms with Crippen molar-refractivity contribution >= 4 is 0 Å². The van der Waals surface area contributed by atoms with E-state index in [1.54, 1.807) is 19.3 Å². The van der Waals surface area contributed by atoms with E-state index in [9.17, 15) is 0 Å². The Balaban J connectivity index is 0.812. The molecule has 27 atom stereocenters. The van der Waals surface area contributed by atoms with E-state index in [2.05, 4.69) is 125 Å². The van der Waals surface area contributed by atoms with Gasteiger partial charge in [-0.05, 0) is 234 Å². The average molecular weight is 854 g/mol. The second kappa shape index (κ2) is 11.0. The first-order valence-corrected chi connectivity index (χ1v) is 27.5. The van der Waals surface area contributed by atoms with Crippen LogP contribution < -0.4 is 9.47 Å². The molecular formula is C62H63NO2. The van der Waals surface area contributed by atoms with Crippen LogP contribution >= 0.6 is 0 Å². The maximum atomic E-state index is 6.95. The zero-order chi connectivity index (χ0) is 41.2. The van der Waals surface area contributed by atoms with Crippen molar-refractivity contribution in [3.05, 3.63) is 129 Å². The summed E-state index contributed by atoms with van der Waals surface area (Å²) in [6.07, 6.45) is 14.0. The molecule has 0 N–H and O–H groups in total. The maximum absolute atomic E-state index is 6.95. The van der Waals surface area contributed by atoms with Crippen molar-refractivity contribution in [1.29, 1.82) is 0 Å². The van der Waals surface area contributed by atoms with Gasteiger partial charge in [-0.25, -0.2) is 0 Å². The summed E-state index contributed by atoms with van der Waals surface area (Å²) in [6.45, 7) is 2.36. The first-order valence-electron chi connectivity index (χ1n) is 27.5. The van der Waals surface area contributed by atoms with E-state index in [0.717, 1.165) is 154 Å². The second-order valence-corrected chi connectivity index (χ2v) is 26.9. The number of likely N-dealkylation sites (tertiary alicyclic amines) is 1. The number of allylic oxidation sites excluding steroid dienone is 4. The molecule has 3 heteroatoms. The molecule has 328 valence electrons. The van der Waals surface area contributed by atoms with E-state index in [1.165, 1.54) is 48.9 Å². The molecule has 0 radical (unpaired) electrons. The number of ether oxygens (including phenoxy) is 2. The highest BCUT2D eigenvalue weighted by Crippen LogP contribution is 2.92. The van der Waals surface area contributed by atoms with Gasteiger partial charge in [-0.15, -0.1) is 0 Å².